The highest BCUT2D eigenvalue weighted by atomic mass is 79.9. The number of aryl methyl sites for hydroxylation is 1. The van der Waals surface area contributed by atoms with Gasteiger partial charge in [0.05, 0.1) is 4.83 Å². The quantitative estimate of drug-likeness (QED) is 0.607. The number of carbonyl (C=O) groups is 1. The van der Waals surface area contributed by atoms with Crippen LogP contribution < -0.4 is 0 Å². The van der Waals surface area contributed by atoms with Gasteiger partial charge in [0.2, 0.25) is 0 Å². The summed E-state index contributed by atoms with van der Waals surface area (Å²) in [5.41, 5.74) is 1.07. The van der Waals surface area contributed by atoms with Crippen LogP contribution >= 0.6 is 15.9 Å². The molecule has 0 fully saturated rings. The average molecular weight is 217 g/mol. The molecule has 1 aliphatic rings. The number of Topliss-reactive ketones (excluding diaryl/α,β-unsaturated/α-hetero) is 1. The van der Waals surface area contributed by atoms with Crippen LogP contribution in [-0.2, 0) is 6.42 Å². The maximum atomic E-state index is 11.3. The van der Waals surface area contributed by atoms with Gasteiger partial charge in [-0.2, -0.15) is 0 Å². The van der Waals surface area contributed by atoms with Gasteiger partial charge in [0.25, 0.3) is 0 Å². The van der Waals surface area contributed by atoms with Crippen LogP contribution in [0.3, 0.4) is 0 Å². The molecule has 58 valence electrons. The van der Waals surface area contributed by atoms with E-state index < -0.39 is 0 Å². The number of carbonyl (C=O) groups excluding carboxylic acids is 1. The molecule has 0 bridgehead atoms. The number of rotatable bonds is 0. The molecular formula is C6H5BrN2O2. The van der Waals surface area contributed by atoms with E-state index in [1.54, 1.807) is 0 Å². The summed E-state index contributed by atoms with van der Waals surface area (Å²) >= 11 is 3.25. The third-order valence-electron chi connectivity index (χ3n) is 1.71. The zero-order chi connectivity index (χ0) is 7.84. The molecule has 0 saturated heterocycles. The zero-order valence-electron chi connectivity index (χ0n) is 5.58. The first-order valence-electron chi connectivity index (χ1n) is 3.29. The van der Waals surface area contributed by atoms with Gasteiger partial charge in [-0.05, 0) is 18.0 Å². The monoisotopic (exact) mass is 216 g/mol. The topological polar surface area (TPSA) is 56.0 Å². The third kappa shape index (κ3) is 0.994. The summed E-state index contributed by atoms with van der Waals surface area (Å²) in [6.45, 7) is 0. The van der Waals surface area contributed by atoms with Crippen LogP contribution in [0.15, 0.2) is 4.63 Å². The van der Waals surface area contributed by atoms with Crippen molar-refractivity contribution in [2.75, 3.05) is 0 Å². The van der Waals surface area contributed by atoms with Crippen molar-refractivity contribution < 1.29 is 9.42 Å². The number of halogens is 1. The lowest BCUT2D eigenvalue weighted by Crippen LogP contribution is -2.22. The Hall–Kier alpha value is -0.710. The van der Waals surface area contributed by atoms with Crippen LogP contribution in [0.25, 0.3) is 0 Å². The van der Waals surface area contributed by atoms with Crippen LogP contribution in [0.2, 0.25) is 0 Å². The molecule has 5 heteroatoms. The van der Waals surface area contributed by atoms with Crippen molar-refractivity contribution in [1.82, 2.24) is 10.3 Å². The average Bonchev–Trinajstić information content (AvgIpc) is 2.45. The van der Waals surface area contributed by atoms with Crippen LogP contribution in [0.5, 0.6) is 0 Å². The molecular weight excluding hydrogens is 212 g/mol. The molecule has 0 N–H and O–H groups in total. The smallest absolute Gasteiger partial charge is 0.200 e. The summed E-state index contributed by atoms with van der Waals surface area (Å²) in [5.74, 6) is -0.0208. The summed E-state index contributed by atoms with van der Waals surface area (Å²) in [6, 6.07) is 0. The van der Waals surface area contributed by atoms with E-state index in [2.05, 4.69) is 30.9 Å². The second-order valence-corrected chi connectivity index (χ2v) is 3.54. The van der Waals surface area contributed by atoms with Gasteiger partial charge in [0.15, 0.2) is 11.5 Å². The SMILES string of the molecule is O=C1c2nonc2CC[C@H]1Br. The van der Waals surface area contributed by atoms with E-state index in [9.17, 15) is 4.79 Å². The van der Waals surface area contributed by atoms with Crippen LogP contribution in [0, 0.1) is 0 Å². The first kappa shape index (κ1) is 6.97. The molecule has 0 saturated carbocycles. The molecule has 0 amide bonds. The molecule has 0 aliphatic heterocycles. The molecule has 1 aromatic heterocycles. The number of fused-ring (bicyclic) bond motifs is 1. The Kier molecular flexibility index (Phi) is 1.52. The second-order valence-electron chi connectivity index (χ2n) is 2.43. The fourth-order valence-electron chi connectivity index (χ4n) is 1.10. The Morgan fingerprint density at radius 1 is 1.55 bits per heavy atom. The highest BCUT2D eigenvalue weighted by Gasteiger charge is 2.29. The lowest BCUT2D eigenvalue weighted by Gasteiger charge is -2.10. The summed E-state index contributed by atoms with van der Waals surface area (Å²) < 4.78 is 4.44. The molecule has 4 nitrogen and oxygen atoms in total. The summed E-state index contributed by atoms with van der Waals surface area (Å²) in [7, 11) is 0. The Balaban J connectivity index is 2.46. The van der Waals surface area contributed by atoms with E-state index in [-0.39, 0.29) is 10.6 Å². The number of aromatic nitrogens is 2. The molecule has 0 aromatic carbocycles. The number of nitrogens with zero attached hydrogens (tertiary/aromatic N) is 2. The van der Waals surface area contributed by atoms with Gasteiger partial charge in [0, 0.05) is 0 Å². The molecule has 1 aromatic rings. The predicted molar refractivity (Wildman–Crippen MR) is 39.7 cm³/mol. The van der Waals surface area contributed by atoms with E-state index in [1.807, 2.05) is 0 Å². The summed E-state index contributed by atoms with van der Waals surface area (Å²) in [4.78, 5) is 11.2. The minimum absolute atomic E-state index is 0.0208. The van der Waals surface area contributed by atoms with Gasteiger partial charge in [-0.1, -0.05) is 21.1 Å². The molecule has 0 unspecified atom stereocenters. The van der Waals surface area contributed by atoms with E-state index in [4.69, 9.17) is 0 Å². The standard InChI is InChI=1S/C6H5BrN2O2/c7-3-1-2-4-5(6(3)10)9-11-8-4/h3H,1-2H2/t3-/m1/s1. The van der Waals surface area contributed by atoms with Gasteiger partial charge < -0.3 is 0 Å². The van der Waals surface area contributed by atoms with E-state index in [0.29, 0.717) is 11.4 Å². The van der Waals surface area contributed by atoms with Gasteiger partial charge in [-0.3, -0.25) is 4.79 Å². The largest absolute Gasteiger partial charge is 0.291 e. The normalized spacial score (nSPS) is 23.4. The van der Waals surface area contributed by atoms with Crippen molar-refractivity contribution in [1.29, 1.82) is 0 Å². The van der Waals surface area contributed by atoms with Crippen molar-refractivity contribution in [2.45, 2.75) is 17.7 Å². The van der Waals surface area contributed by atoms with Crippen LogP contribution in [0.1, 0.15) is 22.6 Å². The van der Waals surface area contributed by atoms with Gasteiger partial charge in [0.1, 0.15) is 5.69 Å². The molecule has 2 rings (SSSR count). The predicted octanol–water partition coefficient (Wildman–Crippen LogP) is 0.962. The highest BCUT2D eigenvalue weighted by molar-refractivity contribution is 9.10. The fourth-order valence-corrected chi connectivity index (χ4v) is 1.55. The summed E-state index contributed by atoms with van der Waals surface area (Å²) in [5, 5.41) is 7.14. The van der Waals surface area contributed by atoms with E-state index in [1.165, 1.54) is 0 Å². The number of hydrogen-bond acceptors (Lipinski definition) is 4. The van der Waals surface area contributed by atoms with Gasteiger partial charge >= 0.3 is 0 Å². The van der Waals surface area contributed by atoms with Crippen LogP contribution in [0.4, 0.5) is 0 Å². The zero-order valence-corrected chi connectivity index (χ0v) is 7.17. The van der Waals surface area contributed by atoms with Gasteiger partial charge in [-0.15, -0.1) is 0 Å². The molecule has 1 aliphatic carbocycles. The minimum atomic E-state index is -0.109. The second kappa shape index (κ2) is 2.41. The fraction of sp³-hybridized carbons (Fsp3) is 0.500. The van der Waals surface area contributed by atoms with Crippen LogP contribution in [-0.4, -0.2) is 20.9 Å². The number of hydrogen-bond donors (Lipinski definition) is 0. The first-order valence-corrected chi connectivity index (χ1v) is 4.20. The highest BCUT2D eigenvalue weighted by Crippen LogP contribution is 2.22. The van der Waals surface area contributed by atoms with Crippen molar-refractivity contribution >= 4 is 21.7 Å². The molecule has 1 atom stereocenters. The Labute approximate surface area is 71.1 Å². The molecule has 11 heavy (non-hydrogen) atoms. The molecule has 0 spiro atoms. The maximum absolute atomic E-state index is 11.3. The summed E-state index contributed by atoms with van der Waals surface area (Å²) in [6.07, 6.45) is 1.54. The Bertz CT molecular complexity index is 297. The molecule has 0 radical (unpaired) electrons. The van der Waals surface area contributed by atoms with Crippen molar-refractivity contribution in [3.05, 3.63) is 11.4 Å². The first-order chi connectivity index (χ1) is 5.29. The number of alkyl halides is 1. The third-order valence-corrected chi connectivity index (χ3v) is 2.58. The van der Waals surface area contributed by atoms with Crippen molar-refractivity contribution in [3.8, 4) is 0 Å². The minimum Gasteiger partial charge on any atom is -0.291 e. The Morgan fingerprint density at radius 3 is 3.18 bits per heavy atom. The van der Waals surface area contributed by atoms with E-state index >= 15 is 0 Å². The lowest BCUT2D eigenvalue weighted by atomic mass is 10.0. The van der Waals surface area contributed by atoms with Gasteiger partial charge in [-0.25, -0.2) is 4.63 Å². The lowest BCUT2D eigenvalue weighted by molar-refractivity contribution is 0.0973. The van der Waals surface area contributed by atoms with Crippen molar-refractivity contribution in [2.24, 2.45) is 0 Å². The Morgan fingerprint density at radius 2 is 2.36 bits per heavy atom. The number of ketones is 1. The molecule has 1 heterocycles. The van der Waals surface area contributed by atoms with E-state index in [0.717, 1.165) is 12.8 Å². The maximum Gasteiger partial charge on any atom is 0.200 e. The van der Waals surface area contributed by atoms with Crippen molar-refractivity contribution in [3.63, 3.8) is 0 Å².